The molecule has 0 unspecified atom stereocenters. The van der Waals surface area contributed by atoms with Gasteiger partial charge in [0.15, 0.2) is 11.5 Å². The highest BCUT2D eigenvalue weighted by molar-refractivity contribution is 6.02. The summed E-state index contributed by atoms with van der Waals surface area (Å²) >= 11 is 0. The van der Waals surface area contributed by atoms with E-state index in [0.29, 0.717) is 41.0 Å². The first-order valence-corrected chi connectivity index (χ1v) is 10.3. The number of aromatic carboxylic acids is 1. The smallest absolute Gasteiger partial charge is 0.338 e. The summed E-state index contributed by atoms with van der Waals surface area (Å²) < 4.78 is 39.3. The third-order valence-electron chi connectivity index (χ3n) is 6.18. The number of hydrogen-bond donors (Lipinski definition) is 2. The maximum atomic E-state index is 14.8. The number of carboxylic acid groups (broad SMARTS) is 1. The lowest BCUT2D eigenvalue weighted by Crippen LogP contribution is -2.28. The van der Waals surface area contributed by atoms with E-state index >= 15 is 0 Å². The SMILES string of the molecule is Cc1cc(F)c(NC(=O)C2(c3ccc4c(c3)OCO4)CC2)cc1-c1ccc(F)c(C(=O)O)c1. The van der Waals surface area contributed by atoms with Crippen LogP contribution in [-0.2, 0) is 10.2 Å². The first kappa shape index (κ1) is 20.9. The molecular weight excluding hydrogens is 432 g/mol. The molecule has 1 aliphatic carbocycles. The van der Waals surface area contributed by atoms with Crippen molar-refractivity contribution in [3.8, 4) is 22.6 Å². The lowest BCUT2D eigenvalue weighted by Gasteiger charge is -2.18. The van der Waals surface area contributed by atoms with Crippen LogP contribution in [0.4, 0.5) is 14.5 Å². The summed E-state index contributed by atoms with van der Waals surface area (Å²) in [5, 5.41) is 11.9. The average molecular weight is 451 g/mol. The number of anilines is 1. The molecule has 33 heavy (non-hydrogen) atoms. The Morgan fingerprint density at radius 3 is 2.45 bits per heavy atom. The van der Waals surface area contributed by atoms with E-state index in [-0.39, 0.29) is 18.4 Å². The predicted octanol–water partition coefficient (Wildman–Crippen LogP) is 5.04. The third kappa shape index (κ3) is 3.57. The highest BCUT2D eigenvalue weighted by Crippen LogP contribution is 2.51. The van der Waals surface area contributed by atoms with Crippen molar-refractivity contribution in [1.82, 2.24) is 0 Å². The van der Waals surface area contributed by atoms with Crippen LogP contribution in [0, 0.1) is 18.6 Å². The van der Waals surface area contributed by atoms with Gasteiger partial charge in [-0.05, 0) is 78.4 Å². The van der Waals surface area contributed by atoms with Crippen LogP contribution in [-0.4, -0.2) is 23.8 Å². The monoisotopic (exact) mass is 451 g/mol. The number of halogens is 2. The number of carboxylic acids is 1. The highest BCUT2D eigenvalue weighted by Gasteiger charge is 2.51. The predicted molar refractivity (Wildman–Crippen MR) is 116 cm³/mol. The van der Waals surface area contributed by atoms with Crippen LogP contribution in [0.3, 0.4) is 0 Å². The summed E-state index contributed by atoms with van der Waals surface area (Å²) in [5.41, 5.74) is 0.869. The Kier molecular flexibility index (Phi) is 4.81. The molecule has 6 nitrogen and oxygen atoms in total. The number of hydrogen-bond acceptors (Lipinski definition) is 4. The summed E-state index contributed by atoms with van der Waals surface area (Å²) in [6, 6.07) is 11.7. The highest BCUT2D eigenvalue weighted by atomic mass is 19.1. The molecule has 0 atom stereocenters. The lowest BCUT2D eigenvalue weighted by atomic mass is 9.94. The largest absolute Gasteiger partial charge is 0.478 e. The first-order chi connectivity index (χ1) is 15.8. The van der Waals surface area contributed by atoms with Crippen LogP contribution in [0.1, 0.15) is 34.3 Å². The average Bonchev–Trinajstić information content (AvgIpc) is 3.46. The minimum Gasteiger partial charge on any atom is -0.478 e. The molecule has 1 heterocycles. The maximum absolute atomic E-state index is 14.8. The first-order valence-electron chi connectivity index (χ1n) is 10.3. The van der Waals surface area contributed by atoms with Gasteiger partial charge in [-0.1, -0.05) is 12.1 Å². The van der Waals surface area contributed by atoms with Gasteiger partial charge in [-0.25, -0.2) is 13.6 Å². The van der Waals surface area contributed by atoms with Crippen LogP contribution in [0.25, 0.3) is 11.1 Å². The second-order valence-corrected chi connectivity index (χ2v) is 8.25. The van der Waals surface area contributed by atoms with Crippen molar-refractivity contribution >= 4 is 17.6 Å². The van der Waals surface area contributed by atoms with Gasteiger partial charge in [0.05, 0.1) is 16.7 Å². The van der Waals surface area contributed by atoms with E-state index in [2.05, 4.69) is 5.32 Å². The van der Waals surface area contributed by atoms with Crippen LogP contribution in [0.2, 0.25) is 0 Å². The van der Waals surface area contributed by atoms with Crippen LogP contribution in [0.5, 0.6) is 11.5 Å². The number of carbonyl (C=O) groups is 2. The molecule has 1 amide bonds. The second-order valence-electron chi connectivity index (χ2n) is 8.25. The van der Waals surface area contributed by atoms with E-state index in [0.717, 1.165) is 11.6 Å². The van der Waals surface area contributed by atoms with Gasteiger partial charge in [0.1, 0.15) is 11.6 Å². The van der Waals surface area contributed by atoms with Gasteiger partial charge in [0.25, 0.3) is 0 Å². The van der Waals surface area contributed by atoms with Crippen molar-refractivity contribution in [2.24, 2.45) is 0 Å². The Hall–Kier alpha value is -3.94. The topological polar surface area (TPSA) is 84.9 Å². The molecule has 0 aromatic heterocycles. The van der Waals surface area contributed by atoms with Crippen molar-refractivity contribution < 1.29 is 33.0 Å². The molecule has 5 rings (SSSR count). The Morgan fingerprint density at radius 1 is 0.970 bits per heavy atom. The van der Waals surface area contributed by atoms with Crippen molar-refractivity contribution in [3.63, 3.8) is 0 Å². The number of nitrogens with one attached hydrogen (secondary N) is 1. The molecular formula is C25H19F2NO5. The normalized spacial score (nSPS) is 15.2. The molecule has 0 bridgehead atoms. The molecule has 1 fully saturated rings. The van der Waals surface area contributed by atoms with Crippen LogP contribution in [0.15, 0.2) is 48.5 Å². The molecule has 0 spiro atoms. The molecule has 8 heteroatoms. The molecule has 3 aromatic rings. The summed E-state index contributed by atoms with van der Waals surface area (Å²) in [7, 11) is 0. The Labute approximate surface area is 187 Å². The van der Waals surface area contributed by atoms with E-state index < -0.39 is 28.6 Å². The Morgan fingerprint density at radius 2 is 1.73 bits per heavy atom. The minimum absolute atomic E-state index is 0.0335. The van der Waals surface area contributed by atoms with Gasteiger partial charge in [-0.15, -0.1) is 0 Å². The molecule has 2 aliphatic rings. The van der Waals surface area contributed by atoms with E-state index in [9.17, 15) is 23.5 Å². The van der Waals surface area contributed by atoms with Gasteiger partial charge >= 0.3 is 5.97 Å². The molecule has 1 saturated carbocycles. The van der Waals surface area contributed by atoms with Gasteiger partial charge in [-0.3, -0.25) is 4.79 Å². The van der Waals surface area contributed by atoms with Crippen LogP contribution >= 0.6 is 0 Å². The third-order valence-corrected chi connectivity index (χ3v) is 6.18. The molecule has 0 radical (unpaired) electrons. The Bertz CT molecular complexity index is 1320. The number of ether oxygens (including phenoxy) is 2. The fraction of sp³-hybridized carbons (Fsp3) is 0.200. The minimum atomic E-state index is -1.40. The van der Waals surface area contributed by atoms with E-state index in [1.165, 1.54) is 24.3 Å². The fourth-order valence-electron chi connectivity index (χ4n) is 4.14. The number of amides is 1. The second kappa shape index (κ2) is 7.58. The summed E-state index contributed by atoms with van der Waals surface area (Å²) in [6.07, 6.45) is 1.22. The number of rotatable bonds is 5. The molecule has 2 N–H and O–H groups in total. The lowest BCUT2D eigenvalue weighted by molar-refractivity contribution is -0.118. The van der Waals surface area contributed by atoms with Gasteiger partial charge < -0.3 is 19.9 Å². The standard InChI is InChI=1S/C25H19F2NO5/c1-13-8-19(27)20(11-16(13)14-2-4-18(26)17(9-14)23(29)30)28-24(31)25(6-7-25)15-3-5-21-22(10-15)33-12-32-21/h2-5,8-11H,6-7,12H2,1H3,(H,28,31)(H,29,30). The van der Waals surface area contributed by atoms with Crippen LogP contribution < -0.4 is 14.8 Å². The van der Waals surface area contributed by atoms with E-state index in [4.69, 9.17) is 9.47 Å². The Balaban J connectivity index is 1.46. The fourth-order valence-corrected chi connectivity index (χ4v) is 4.14. The quantitative estimate of drug-likeness (QED) is 0.568. The van der Waals surface area contributed by atoms with E-state index in [1.807, 2.05) is 6.07 Å². The molecule has 0 saturated heterocycles. The van der Waals surface area contributed by atoms with Crippen molar-refractivity contribution in [1.29, 1.82) is 0 Å². The van der Waals surface area contributed by atoms with Crippen molar-refractivity contribution in [3.05, 3.63) is 76.9 Å². The number of fused-ring (bicyclic) bond motifs is 1. The van der Waals surface area contributed by atoms with Gasteiger partial charge in [0.2, 0.25) is 12.7 Å². The van der Waals surface area contributed by atoms with Gasteiger partial charge in [-0.2, -0.15) is 0 Å². The van der Waals surface area contributed by atoms with E-state index in [1.54, 1.807) is 19.1 Å². The number of carbonyl (C=O) groups excluding carboxylic acids is 1. The number of benzene rings is 3. The van der Waals surface area contributed by atoms with Crippen molar-refractivity contribution in [2.75, 3.05) is 12.1 Å². The molecule has 3 aromatic carbocycles. The summed E-state index contributed by atoms with van der Waals surface area (Å²) in [6.45, 7) is 1.78. The zero-order valence-corrected chi connectivity index (χ0v) is 17.6. The summed E-state index contributed by atoms with van der Waals surface area (Å²) in [4.78, 5) is 24.5. The van der Waals surface area contributed by atoms with Gasteiger partial charge in [0, 0.05) is 0 Å². The van der Waals surface area contributed by atoms with Crippen molar-refractivity contribution in [2.45, 2.75) is 25.2 Å². The molecule has 168 valence electrons. The number of aryl methyl sites for hydroxylation is 1. The maximum Gasteiger partial charge on any atom is 0.338 e. The zero-order valence-electron chi connectivity index (χ0n) is 17.6. The zero-order chi connectivity index (χ0) is 23.3. The molecule has 1 aliphatic heterocycles. The summed E-state index contributed by atoms with van der Waals surface area (Å²) in [5.74, 6) is -2.04.